The van der Waals surface area contributed by atoms with Gasteiger partial charge < -0.3 is 9.99 Å². The van der Waals surface area contributed by atoms with Gasteiger partial charge in [0.05, 0.1) is 34.4 Å². The van der Waals surface area contributed by atoms with Gasteiger partial charge in [-0.05, 0) is 6.42 Å². The second-order valence-electron chi connectivity index (χ2n) is 6.10. The van der Waals surface area contributed by atoms with E-state index in [4.69, 9.17) is 4.98 Å². The van der Waals surface area contributed by atoms with Crippen molar-refractivity contribution in [2.45, 2.75) is 26.3 Å². The number of rotatable bonds is 6. The van der Waals surface area contributed by atoms with Crippen LogP contribution in [0.2, 0.25) is 0 Å². The Morgan fingerprint density at radius 1 is 1.41 bits per heavy atom. The third kappa shape index (κ3) is 3.15. The quantitative estimate of drug-likeness (QED) is 0.396. The van der Waals surface area contributed by atoms with Crippen molar-refractivity contribution in [3.05, 3.63) is 38.1 Å². The summed E-state index contributed by atoms with van der Waals surface area (Å²) < 4.78 is 4.32. The molecule has 0 radical (unpaired) electrons. The van der Waals surface area contributed by atoms with Crippen molar-refractivity contribution in [3.63, 3.8) is 0 Å². The molecule has 10 heteroatoms. The van der Waals surface area contributed by atoms with Crippen LogP contribution in [0, 0.1) is 0 Å². The fourth-order valence-electron chi connectivity index (χ4n) is 3.06. The van der Waals surface area contributed by atoms with E-state index in [2.05, 4.69) is 20.6 Å². The second kappa shape index (κ2) is 7.20. The maximum Gasteiger partial charge on any atom is 0.291 e. The Kier molecular flexibility index (Phi) is 4.75. The van der Waals surface area contributed by atoms with Crippen molar-refractivity contribution < 1.29 is 0 Å². The van der Waals surface area contributed by atoms with Gasteiger partial charge in [-0.1, -0.05) is 6.92 Å². The lowest BCUT2D eigenvalue weighted by molar-refractivity contribution is 0.664. The standard InChI is InChI=1S/C17H19N7OS2/c1-4-10(22-18-2)7-24-17(25)14-12(6-20-24)15-16(23(14)3)21-13(27-15)5-11-8-26-9-19-11/h6,8-9,18H,4-5,7H2,1-3H3/b22-10+. The number of fused-ring (bicyclic) bond motifs is 3. The van der Waals surface area contributed by atoms with Crippen molar-refractivity contribution in [2.75, 3.05) is 7.05 Å². The number of hydrogen-bond donors (Lipinski definition) is 1. The topological polar surface area (TPSA) is 90.0 Å². The molecule has 0 aliphatic carbocycles. The number of aryl methyl sites for hydroxylation is 1. The lowest BCUT2D eigenvalue weighted by Gasteiger charge is -2.07. The zero-order valence-electron chi connectivity index (χ0n) is 15.3. The van der Waals surface area contributed by atoms with E-state index in [0.29, 0.717) is 18.5 Å². The average molecular weight is 402 g/mol. The van der Waals surface area contributed by atoms with E-state index in [1.807, 2.05) is 29.4 Å². The molecule has 4 aromatic heterocycles. The summed E-state index contributed by atoms with van der Waals surface area (Å²) in [5, 5.41) is 12.4. The number of nitrogens with zero attached hydrogens (tertiary/aromatic N) is 6. The molecular weight excluding hydrogens is 382 g/mol. The van der Waals surface area contributed by atoms with Gasteiger partial charge in [0.1, 0.15) is 10.5 Å². The molecule has 0 fully saturated rings. The lowest BCUT2D eigenvalue weighted by atomic mass is 10.3. The molecule has 4 heterocycles. The van der Waals surface area contributed by atoms with Crippen LogP contribution < -0.4 is 11.0 Å². The summed E-state index contributed by atoms with van der Waals surface area (Å²) in [5.41, 5.74) is 7.80. The molecule has 8 nitrogen and oxygen atoms in total. The minimum Gasteiger partial charge on any atom is -0.323 e. The van der Waals surface area contributed by atoms with Crippen LogP contribution in [-0.2, 0) is 20.0 Å². The van der Waals surface area contributed by atoms with Crippen molar-refractivity contribution in [3.8, 4) is 0 Å². The highest BCUT2D eigenvalue weighted by Crippen LogP contribution is 2.31. The molecule has 4 aromatic rings. The number of thiazole rings is 2. The Bertz CT molecular complexity index is 1180. The highest BCUT2D eigenvalue weighted by atomic mass is 32.1. The van der Waals surface area contributed by atoms with Crippen molar-refractivity contribution in [2.24, 2.45) is 12.1 Å². The van der Waals surface area contributed by atoms with Crippen LogP contribution in [0.15, 0.2) is 27.0 Å². The Hall–Kier alpha value is -2.59. The van der Waals surface area contributed by atoms with Gasteiger partial charge in [-0.3, -0.25) is 4.79 Å². The molecule has 0 saturated heterocycles. The summed E-state index contributed by atoms with van der Waals surface area (Å²) in [6.07, 6.45) is 3.21. The molecule has 4 rings (SSSR count). The van der Waals surface area contributed by atoms with Crippen molar-refractivity contribution in [1.82, 2.24) is 29.7 Å². The predicted octanol–water partition coefficient (Wildman–Crippen LogP) is 2.38. The Balaban J connectivity index is 1.78. The number of hydrazone groups is 1. The van der Waals surface area contributed by atoms with Crippen LogP contribution in [0.4, 0.5) is 0 Å². The molecule has 0 amide bonds. The first kappa shape index (κ1) is 17.8. The summed E-state index contributed by atoms with van der Waals surface area (Å²) in [4.78, 5) is 22.0. The zero-order valence-corrected chi connectivity index (χ0v) is 16.9. The molecule has 0 aromatic carbocycles. The highest BCUT2D eigenvalue weighted by Gasteiger charge is 2.18. The zero-order chi connectivity index (χ0) is 19.0. The van der Waals surface area contributed by atoms with E-state index in [1.165, 1.54) is 4.68 Å². The van der Waals surface area contributed by atoms with Crippen LogP contribution >= 0.6 is 22.7 Å². The number of aromatic nitrogens is 5. The summed E-state index contributed by atoms with van der Waals surface area (Å²) >= 11 is 3.18. The summed E-state index contributed by atoms with van der Waals surface area (Å²) in [6, 6.07) is 0. The first-order valence-electron chi connectivity index (χ1n) is 8.55. The third-order valence-electron chi connectivity index (χ3n) is 4.40. The first-order valence-corrected chi connectivity index (χ1v) is 10.3. The minimum absolute atomic E-state index is 0.126. The van der Waals surface area contributed by atoms with Gasteiger partial charge in [0, 0.05) is 31.3 Å². The van der Waals surface area contributed by atoms with Gasteiger partial charge in [-0.15, -0.1) is 22.7 Å². The van der Waals surface area contributed by atoms with E-state index in [0.717, 1.165) is 38.6 Å². The van der Waals surface area contributed by atoms with Crippen LogP contribution in [0.1, 0.15) is 24.0 Å². The van der Waals surface area contributed by atoms with E-state index in [9.17, 15) is 4.79 Å². The lowest BCUT2D eigenvalue weighted by Crippen LogP contribution is -2.28. The van der Waals surface area contributed by atoms with Gasteiger partial charge in [0.25, 0.3) is 5.56 Å². The van der Waals surface area contributed by atoms with Gasteiger partial charge in [-0.2, -0.15) is 10.2 Å². The molecule has 27 heavy (non-hydrogen) atoms. The van der Waals surface area contributed by atoms with Crippen molar-refractivity contribution >= 4 is 49.6 Å². The largest absolute Gasteiger partial charge is 0.323 e. The first-order chi connectivity index (χ1) is 13.1. The molecule has 0 aliphatic heterocycles. The molecule has 1 N–H and O–H groups in total. The molecule has 0 saturated carbocycles. The molecule has 0 aliphatic rings. The molecule has 0 atom stereocenters. The van der Waals surface area contributed by atoms with Gasteiger partial charge >= 0.3 is 0 Å². The van der Waals surface area contributed by atoms with E-state index < -0.39 is 0 Å². The number of nitrogens with one attached hydrogen (secondary N) is 1. The SMILES string of the molecule is CC/C(Cn1ncc2c3sc(Cc4cscn4)nc3n(C)c2c1=O)=N\NC. The fourth-order valence-corrected chi connectivity index (χ4v) is 4.74. The van der Waals surface area contributed by atoms with Crippen LogP contribution in [0.5, 0.6) is 0 Å². The average Bonchev–Trinajstić information content (AvgIpc) is 3.36. The molecule has 140 valence electrons. The van der Waals surface area contributed by atoms with E-state index in [-0.39, 0.29) is 5.56 Å². The monoisotopic (exact) mass is 401 g/mol. The van der Waals surface area contributed by atoms with Crippen molar-refractivity contribution in [1.29, 1.82) is 0 Å². The Labute approximate surface area is 163 Å². The van der Waals surface area contributed by atoms with Crippen LogP contribution in [0.25, 0.3) is 21.3 Å². The highest BCUT2D eigenvalue weighted by molar-refractivity contribution is 7.19. The maximum absolute atomic E-state index is 13.0. The molecule has 0 unspecified atom stereocenters. The number of hydrogen-bond acceptors (Lipinski definition) is 8. The molecular formula is C17H19N7OS2. The van der Waals surface area contributed by atoms with Crippen LogP contribution in [0.3, 0.4) is 0 Å². The van der Waals surface area contributed by atoms with Gasteiger partial charge in [-0.25, -0.2) is 14.6 Å². The normalized spacial score (nSPS) is 12.3. The van der Waals surface area contributed by atoms with Gasteiger partial charge in [0.15, 0.2) is 5.65 Å². The van der Waals surface area contributed by atoms with Gasteiger partial charge in [0.2, 0.25) is 0 Å². The molecule has 0 bridgehead atoms. The van der Waals surface area contributed by atoms with Crippen LogP contribution in [-0.4, -0.2) is 37.1 Å². The Morgan fingerprint density at radius 3 is 2.96 bits per heavy atom. The van der Waals surface area contributed by atoms with E-state index >= 15 is 0 Å². The Morgan fingerprint density at radius 2 is 2.26 bits per heavy atom. The second-order valence-corrected chi connectivity index (χ2v) is 7.90. The molecule has 0 spiro atoms. The summed E-state index contributed by atoms with van der Waals surface area (Å²) in [6.45, 7) is 2.37. The minimum atomic E-state index is -0.126. The maximum atomic E-state index is 13.0. The van der Waals surface area contributed by atoms with E-state index in [1.54, 1.807) is 35.9 Å². The third-order valence-corrected chi connectivity index (χ3v) is 6.11. The predicted molar refractivity (Wildman–Crippen MR) is 110 cm³/mol. The fraction of sp³-hybridized carbons (Fsp3) is 0.353. The summed E-state index contributed by atoms with van der Waals surface area (Å²) in [7, 11) is 3.63. The summed E-state index contributed by atoms with van der Waals surface area (Å²) in [5.74, 6) is 0. The smallest absolute Gasteiger partial charge is 0.291 e.